The highest BCUT2D eigenvalue weighted by molar-refractivity contribution is 6.31. The van der Waals surface area contributed by atoms with Crippen LogP contribution in [0.15, 0.2) is 45.1 Å². The molecule has 9 heteroatoms. The first kappa shape index (κ1) is 24.1. The van der Waals surface area contributed by atoms with E-state index in [9.17, 15) is 23.6 Å². The summed E-state index contributed by atoms with van der Waals surface area (Å²) in [5, 5.41) is 2.98. The van der Waals surface area contributed by atoms with Crippen molar-refractivity contribution in [3.63, 3.8) is 0 Å². The summed E-state index contributed by atoms with van der Waals surface area (Å²) in [7, 11) is 0. The first-order chi connectivity index (χ1) is 18.3. The minimum Gasteiger partial charge on any atom is -0.422 e. The van der Waals surface area contributed by atoms with E-state index < -0.39 is 23.5 Å². The molecule has 0 saturated carbocycles. The van der Waals surface area contributed by atoms with Gasteiger partial charge in [0.15, 0.2) is 0 Å². The smallest absolute Gasteiger partial charge is 0.343 e. The molecule has 0 radical (unpaired) electrons. The summed E-state index contributed by atoms with van der Waals surface area (Å²) in [5.74, 6) is -2.05. The van der Waals surface area contributed by atoms with Gasteiger partial charge < -0.3 is 9.32 Å². The van der Waals surface area contributed by atoms with Crippen molar-refractivity contribution >= 4 is 40.6 Å². The van der Waals surface area contributed by atoms with Crippen molar-refractivity contribution in [3.05, 3.63) is 80.0 Å². The summed E-state index contributed by atoms with van der Waals surface area (Å²) in [6, 6.07) is 6.96. The van der Waals surface area contributed by atoms with E-state index in [0.717, 1.165) is 60.2 Å². The normalized spacial score (nSPS) is 18.3. The summed E-state index contributed by atoms with van der Waals surface area (Å²) in [6.07, 6.45) is 5.31. The van der Waals surface area contributed by atoms with Crippen molar-refractivity contribution < 1.29 is 23.2 Å². The highest BCUT2D eigenvalue weighted by atomic mass is 19.1. The number of hydrogen-bond acceptors (Lipinski definition) is 6. The number of urea groups is 1. The number of carbonyl (C=O) groups is 3. The zero-order valence-corrected chi connectivity index (χ0v) is 20.9. The predicted octanol–water partition coefficient (Wildman–Crippen LogP) is 3.64. The van der Waals surface area contributed by atoms with Crippen LogP contribution in [0.4, 0.5) is 14.9 Å². The Morgan fingerprint density at radius 3 is 2.55 bits per heavy atom. The summed E-state index contributed by atoms with van der Waals surface area (Å²) >= 11 is 0. The third-order valence-corrected chi connectivity index (χ3v) is 7.71. The molecule has 1 fully saturated rings. The number of rotatable bonds is 4. The van der Waals surface area contributed by atoms with Gasteiger partial charge in [-0.25, -0.2) is 14.0 Å². The fraction of sp³-hybridized carbons (Fsp3) is 0.310. The predicted molar refractivity (Wildman–Crippen MR) is 139 cm³/mol. The Bertz CT molecular complexity index is 1600. The van der Waals surface area contributed by atoms with Crippen LogP contribution < -0.4 is 15.8 Å². The Kier molecular flexibility index (Phi) is 5.86. The molecule has 0 unspecified atom stereocenters. The topological polar surface area (TPSA) is 99.9 Å². The molecule has 3 aliphatic rings. The van der Waals surface area contributed by atoms with Crippen molar-refractivity contribution in [3.8, 4) is 0 Å². The molecule has 8 nitrogen and oxygen atoms in total. The molecule has 0 atom stereocenters. The number of imide groups is 2. The summed E-state index contributed by atoms with van der Waals surface area (Å²) in [5.41, 5.74) is 4.53. The van der Waals surface area contributed by atoms with Gasteiger partial charge in [0.2, 0.25) is 0 Å². The van der Waals surface area contributed by atoms with Crippen LogP contribution in [0.25, 0.3) is 17.0 Å². The van der Waals surface area contributed by atoms with Gasteiger partial charge in [0.1, 0.15) is 17.0 Å². The molecule has 4 amide bonds. The maximum absolute atomic E-state index is 13.2. The van der Waals surface area contributed by atoms with Gasteiger partial charge in [-0.05, 0) is 80.0 Å². The first-order valence-electron chi connectivity index (χ1n) is 12.8. The van der Waals surface area contributed by atoms with Gasteiger partial charge in [-0.3, -0.25) is 19.8 Å². The van der Waals surface area contributed by atoms with Crippen LogP contribution in [0.5, 0.6) is 0 Å². The lowest BCUT2D eigenvalue weighted by atomic mass is 9.88. The molecule has 1 N–H and O–H groups in total. The van der Waals surface area contributed by atoms with Crippen LogP contribution in [0.2, 0.25) is 0 Å². The van der Waals surface area contributed by atoms with Crippen molar-refractivity contribution in [2.24, 2.45) is 0 Å². The summed E-state index contributed by atoms with van der Waals surface area (Å²) in [6.45, 7) is 3.76. The average molecular weight is 516 g/mol. The number of amides is 4. The minimum atomic E-state index is -0.867. The van der Waals surface area contributed by atoms with Crippen LogP contribution in [-0.4, -0.2) is 42.4 Å². The molecule has 0 bridgehead atoms. The number of benzene rings is 2. The Morgan fingerprint density at radius 1 is 1.05 bits per heavy atom. The van der Waals surface area contributed by atoms with Crippen molar-refractivity contribution in [2.45, 2.75) is 39.0 Å². The van der Waals surface area contributed by atoms with E-state index in [4.69, 9.17) is 4.42 Å². The fourth-order valence-corrected chi connectivity index (χ4v) is 5.77. The number of nitrogens with zero attached hydrogens (tertiary/aromatic N) is 2. The number of hydrogen-bond donors (Lipinski definition) is 1. The van der Waals surface area contributed by atoms with E-state index in [-0.39, 0.29) is 29.9 Å². The van der Waals surface area contributed by atoms with Gasteiger partial charge in [-0.15, -0.1) is 0 Å². The van der Waals surface area contributed by atoms with Crippen LogP contribution in [-0.2, 0) is 28.9 Å². The highest BCUT2D eigenvalue weighted by Gasteiger charge is 2.36. The number of anilines is 1. The van der Waals surface area contributed by atoms with Crippen LogP contribution in [0.1, 0.15) is 40.7 Å². The second kappa shape index (κ2) is 9.24. The number of halogens is 1. The third-order valence-electron chi connectivity index (χ3n) is 7.71. The highest BCUT2D eigenvalue weighted by Crippen LogP contribution is 2.40. The molecule has 2 aromatic carbocycles. The van der Waals surface area contributed by atoms with E-state index in [2.05, 4.69) is 16.3 Å². The SMILES string of the molecule is Cc1c(/C=C2/C(=O)NC(=O)N(CCc3ccc(F)cc3)C2=O)c(=O)oc2c3c4c(cc12)CCCN4CCC3. The molecule has 0 aliphatic carbocycles. The molecular formula is C29H26FN3O5. The molecule has 1 aromatic heterocycles. The van der Waals surface area contributed by atoms with Crippen molar-refractivity contribution in [1.29, 1.82) is 0 Å². The Labute approximate surface area is 217 Å². The van der Waals surface area contributed by atoms with E-state index in [1.165, 1.54) is 29.5 Å². The second-order valence-corrected chi connectivity index (χ2v) is 10.0. The molecule has 194 valence electrons. The van der Waals surface area contributed by atoms with Crippen molar-refractivity contribution in [1.82, 2.24) is 10.2 Å². The van der Waals surface area contributed by atoms with Gasteiger partial charge in [-0.1, -0.05) is 12.1 Å². The standard InChI is InChI=1S/C29H26FN3O5/c1-16-21-14-18-4-2-11-32-12-3-5-20(24(18)32)25(21)38-28(36)22(16)15-23-26(34)31-29(37)33(27(23)35)13-10-17-6-8-19(30)9-7-17/h6-9,14-15H,2-5,10-13H2,1H3,(H,31,34,37)/b23-15-. The minimum absolute atomic E-state index is 0.0156. The average Bonchev–Trinajstić information content (AvgIpc) is 2.90. The zero-order chi connectivity index (χ0) is 26.6. The number of fused-ring (bicyclic) bond motifs is 2. The molecule has 6 rings (SSSR count). The Balaban J connectivity index is 1.38. The molecule has 4 heterocycles. The molecule has 0 spiro atoms. The van der Waals surface area contributed by atoms with Gasteiger partial charge >= 0.3 is 11.7 Å². The van der Waals surface area contributed by atoms with Crippen LogP contribution >= 0.6 is 0 Å². The largest absolute Gasteiger partial charge is 0.422 e. The number of nitrogens with one attached hydrogen (secondary N) is 1. The van der Waals surface area contributed by atoms with Gasteiger partial charge in [0.25, 0.3) is 11.8 Å². The Hall–Kier alpha value is -4.27. The fourth-order valence-electron chi connectivity index (χ4n) is 5.77. The van der Waals surface area contributed by atoms with E-state index in [1.807, 2.05) is 0 Å². The number of barbiturate groups is 1. The summed E-state index contributed by atoms with van der Waals surface area (Å²) in [4.78, 5) is 54.8. The van der Waals surface area contributed by atoms with E-state index in [0.29, 0.717) is 11.1 Å². The number of carbonyl (C=O) groups excluding carboxylic acids is 3. The molecular weight excluding hydrogens is 489 g/mol. The molecule has 3 aromatic rings. The molecule has 3 aliphatic heterocycles. The van der Waals surface area contributed by atoms with Gasteiger partial charge in [-0.2, -0.15) is 0 Å². The first-order valence-corrected chi connectivity index (χ1v) is 12.8. The van der Waals surface area contributed by atoms with Crippen molar-refractivity contribution in [2.75, 3.05) is 24.5 Å². The van der Waals surface area contributed by atoms with E-state index >= 15 is 0 Å². The van der Waals surface area contributed by atoms with Gasteiger partial charge in [0, 0.05) is 36.3 Å². The second-order valence-electron chi connectivity index (χ2n) is 10.0. The zero-order valence-electron chi connectivity index (χ0n) is 20.9. The maximum atomic E-state index is 13.2. The molecule has 38 heavy (non-hydrogen) atoms. The van der Waals surface area contributed by atoms with Crippen LogP contribution in [0.3, 0.4) is 0 Å². The monoisotopic (exact) mass is 515 g/mol. The van der Waals surface area contributed by atoms with E-state index in [1.54, 1.807) is 19.1 Å². The third kappa shape index (κ3) is 3.98. The number of aryl methyl sites for hydroxylation is 3. The quantitative estimate of drug-likeness (QED) is 0.324. The lowest BCUT2D eigenvalue weighted by Crippen LogP contribution is -2.54. The van der Waals surface area contributed by atoms with Gasteiger partial charge in [0.05, 0.1) is 5.56 Å². The maximum Gasteiger partial charge on any atom is 0.343 e. The summed E-state index contributed by atoms with van der Waals surface area (Å²) < 4.78 is 19.0. The lowest BCUT2D eigenvalue weighted by molar-refractivity contribution is -0.130. The Morgan fingerprint density at radius 2 is 1.79 bits per heavy atom. The van der Waals surface area contributed by atoms with Crippen LogP contribution in [0, 0.1) is 12.7 Å². The molecule has 1 saturated heterocycles. The lowest BCUT2D eigenvalue weighted by Gasteiger charge is -2.37.